The van der Waals surface area contributed by atoms with Crippen LogP contribution >= 0.6 is 35.0 Å². The summed E-state index contributed by atoms with van der Waals surface area (Å²) in [6.45, 7) is 0.182. The van der Waals surface area contributed by atoms with Gasteiger partial charge in [-0.3, -0.25) is 9.59 Å². The summed E-state index contributed by atoms with van der Waals surface area (Å²) in [5, 5.41) is 4.16. The van der Waals surface area contributed by atoms with E-state index in [9.17, 15) is 14.0 Å². The fourth-order valence-corrected chi connectivity index (χ4v) is 6.01. The van der Waals surface area contributed by atoms with Crippen molar-refractivity contribution in [3.05, 3.63) is 105 Å². The van der Waals surface area contributed by atoms with Gasteiger partial charge in [-0.1, -0.05) is 84.6 Å². The van der Waals surface area contributed by atoms with Gasteiger partial charge in [0, 0.05) is 34.8 Å². The van der Waals surface area contributed by atoms with Crippen molar-refractivity contribution < 1.29 is 14.0 Å². The maximum absolute atomic E-state index is 13.7. The third-order valence-electron chi connectivity index (χ3n) is 6.74. The summed E-state index contributed by atoms with van der Waals surface area (Å²) in [5.74, 6) is 0.121. The second-order valence-corrected chi connectivity index (χ2v) is 11.4. The van der Waals surface area contributed by atoms with Crippen molar-refractivity contribution in [1.82, 2.24) is 10.2 Å². The molecule has 4 rings (SSSR count). The van der Waals surface area contributed by atoms with Gasteiger partial charge in [-0.2, -0.15) is 0 Å². The Balaban J connectivity index is 1.58. The number of hydrogen-bond acceptors (Lipinski definition) is 3. The molecule has 0 aromatic heterocycles. The molecule has 0 bridgehead atoms. The summed E-state index contributed by atoms with van der Waals surface area (Å²) >= 11 is 14.0. The normalized spacial score (nSPS) is 14.3. The van der Waals surface area contributed by atoms with Gasteiger partial charge in [0.2, 0.25) is 11.8 Å². The molecule has 0 radical (unpaired) electrons. The molecule has 0 aliphatic heterocycles. The molecule has 38 heavy (non-hydrogen) atoms. The topological polar surface area (TPSA) is 49.4 Å². The molecule has 3 aromatic rings. The summed E-state index contributed by atoms with van der Waals surface area (Å²) in [5.41, 5.74) is 2.62. The molecule has 1 aliphatic rings. The Kier molecular flexibility index (Phi) is 10.5. The summed E-state index contributed by atoms with van der Waals surface area (Å²) in [6, 6.07) is 20.6. The maximum atomic E-state index is 13.7. The molecule has 0 spiro atoms. The van der Waals surface area contributed by atoms with E-state index in [-0.39, 0.29) is 36.0 Å². The fraction of sp³-hybridized carbons (Fsp3) is 0.333. The van der Waals surface area contributed by atoms with Crippen molar-refractivity contribution in [1.29, 1.82) is 0 Å². The van der Waals surface area contributed by atoms with E-state index in [4.69, 9.17) is 23.2 Å². The van der Waals surface area contributed by atoms with Crippen LogP contribution in [0.3, 0.4) is 0 Å². The molecule has 3 aromatic carbocycles. The molecule has 0 heterocycles. The van der Waals surface area contributed by atoms with Crippen LogP contribution in [0, 0.1) is 5.82 Å². The zero-order valence-electron chi connectivity index (χ0n) is 21.0. The van der Waals surface area contributed by atoms with Gasteiger partial charge in [0.1, 0.15) is 11.9 Å². The first-order chi connectivity index (χ1) is 18.4. The van der Waals surface area contributed by atoms with Gasteiger partial charge >= 0.3 is 0 Å². The van der Waals surface area contributed by atoms with Crippen molar-refractivity contribution >= 4 is 46.8 Å². The number of nitrogens with zero attached hydrogens (tertiary/aromatic N) is 1. The number of rotatable bonds is 11. The third kappa shape index (κ3) is 8.23. The number of hydrogen-bond donors (Lipinski definition) is 1. The van der Waals surface area contributed by atoms with Gasteiger partial charge in [0.15, 0.2) is 0 Å². The van der Waals surface area contributed by atoms with Gasteiger partial charge in [0.05, 0.1) is 5.75 Å². The number of carbonyl (C=O) groups excluding carboxylic acids is 2. The Bertz CT molecular complexity index is 1220. The van der Waals surface area contributed by atoms with Gasteiger partial charge in [-0.15, -0.1) is 11.8 Å². The van der Waals surface area contributed by atoms with Crippen LogP contribution in [-0.4, -0.2) is 34.6 Å². The molecule has 200 valence electrons. The number of carbonyl (C=O) groups is 2. The lowest BCUT2D eigenvalue weighted by molar-refractivity contribution is -0.139. The molecule has 2 amide bonds. The first-order valence-electron chi connectivity index (χ1n) is 12.8. The lowest BCUT2D eigenvalue weighted by atomic mass is 10.0. The summed E-state index contributed by atoms with van der Waals surface area (Å²) < 4.78 is 13.3. The first kappa shape index (κ1) is 28.5. The minimum atomic E-state index is -0.705. The number of benzene rings is 3. The Hall–Kier alpha value is -2.54. The maximum Gasteiger partial charge on any atom is 0.243 e. The first-order valence-corrected chi connectivity index (χ1v) is 14.7. The lowest BCUT2D eigenvalue weighted by Gasteiger charge is -2.32. The van der Waals surface area contributed by atoms with Crippen LogP contribution < -0.4 is 5.32 Å². The molecule has 8 heteroatoms. The van der Waals surface area contributed by atoms with Gasteiger partial charge < -0.3 is 10.2 Å². The quantitative estimate of drug-likeness (QED) is 0.267. The molecule has 1 aliphatic carbocycles. The third-order valence-corrected chi connectivity index (χ3v) is 8.31. The Morgan fingerprint density at radius 1 is 0.974 bits per heavy atom. The second-order valence-electron chi connectivity index (χ2n) is 9.57. The lowest BCUT2D eigenvalue weighted by Crippen LogP contribution is -2.52. The van der Waals surface area contributed by atoms with Gasteiger partial charge in [-0.05, 0) is 53.8 Å². The highest BCUT2D eigenvalue weighted by Gasteiger charge is 2.32. The van der Waals surface area contributed by atoms with Gasteiger partial charge in [-0.25, -0.2) is 4.39 Å². The van der Waals surface area contributed by atoms with Crippen molar-refractivity contribution in [2.75, 3.05) is 5.75 Å². The van der Waals surface area contributed by atoms with E-state index in [0.29, 0.717) is 22.2 Å². The predicted molar refractivity (Wildman–Crippen MR) is 154 cm³/mol. The average Bonchev–Trinajstić information content (AvgIpc) is 3.42. The molecule has 1 N–H and O–H groups in total. The van der Waals surface area contributed by atoms with Crippen molar-refractivity contribution in [2.24, 2.45) is 0 Å². The highest BCUT2D eigenvalue weighted by atomic mass is 35.5. The number of halogens is 3. The summed E-state index contributed by atoms with van der Waals surface area (Å²) in [7, 11) is 0. The smallest absolute Gasteiger partial charge is 0.243 e. The average molecular weight is 574 g/mol. The molecule has 0 unspecified atom stereocenters. The molecule has 1 fully saturated rings. The zero-order valence-corrected chi connectivity index (χ0v) is 23.4. The molecule has 1 atom stereocenters. The predicted octanol–water partition coefficient (Wildman–Crippen LogP) is 7.06. The van der Waals surface area contributed by atoms with Crippen LogP contribution in [0.15, 0.2) is 72.8 Å². The van der Waals surface area contributed by atoms with Crippen LogP contribution in [0.4, 0.5) is 4.39 Å². The Morgan fingerprint density at radius 2 is 1.68 bits per heavy atom. The number of nitrogens with one attached hydrogen (secondary N) is 1. The van der Waals surface area contributed by atoms with Crippen molar-refractivity contribution in [2.45, 2.75) is 56.5 Å². The van der Waals surface area contributed by atoms with Gasteiger partial charge in [0.25, 0.3) is 0 Å². The van der Waals surface area contributed by atoms with E-state index < -0.39 is 6.04 Å². The number of thioether (sulfide) groups is 1. The van der Waals surface area contributed by atoms with E-state index >= 15 is 0 Å². The monoisotopic (exact) mass is 572 g/mol. The number of amides is 2. The van der Waals surface area contributed by atoms with E-state index in [2.05, 4.69) is 5.32 Å². The van der Waals surface area contributed by atoms with Crippen LogP contribution in [0.1, 0.15) is 42.4 Å². The molecule has 0 saturated heterocycles. The Morgan fingerprint density at radius 3 is 2.37 bits per heavy atom. The molecular formula is C30H31Cl2FN2O2S. The van der Waals surface area contributed by atoms with Crippen molar-refractivity contribution in [3.8, 4) is 0 Å². The van der Waals surface area contributed by atoms with Crippen LogP contribution in [0.25, 0.3) is 0 Å². The SMILES string of the molecule is O=C(NC1CCCC1)[C@H](Cc1ccccc1)N(Cc1ccc(Cl)cc1Cl)C(=O)CSCc1ccc(F)cc1. The van der Waals surface area contributed by atoms with E-state index in [0.717, 1.165) is 42.4 Å². The summed E-state index contributed by atoms with van der Waals surface area (Å²) in [4.78, 5) is 29.1. The molecular weight excluding hydrogens is 542 g/mol. The largest absolute Gasteiger partial charge is 0.352 e. The standard InChI is InChI=1S/C30H31Cl2FN2O2S/c31-24-13-12-23(27(32)17-24)18-35(29(36)20-38-19-22-10-14-25(33)15-11-22)28(16-21-6-2-1-3-7-21)30(37)34-26-8-4-5-9-26/h1-3,6-7,10-15,17,26,28H,4-5,8-9,16,18-20H2,(H,34,37)/t28-/m0/s1. The molecule has 4 nitrogen and oxygen atoms in total. The zero-order chi connectivity index (χ0) is 26.9. The van der Waals surface area contributed by atoms with E-state index in [1.165, 1.54) is 23.9 Å². The van der Waals surface area contributed by atoms with E-state index in [1.807, 2.05) is 30.3 Å². The van der Waals surface area contributed by atoms with E-state index in [1.54, 1.807) is 35.2 Å². The minimum Gasteiger partial charge on any atom is -0.352 e. The minimum absolute atomic E-state index is 0.129. The van der Waals surface area contributed by atoms with Crippen LogP contribution in [0.5, 0.6) is 0 Å². The highest BCUT2D eigenvalue weighted by molar-refractivity contribution is 7.99. The second kappa shape index (κ2) is 14.0. The van der Waals surface area contributed by atoms with Crippen LogP contribution in [-0.2, 0) is 28.3 Å². The summed E-state index contributed by atoms with van der Waals surface area (Å²) in [6.07, 6.45) is 4.48. The molecule has 1 saturated carbocycles. The Labute approximate surface area is 237 Å². The fourth-order valence-electron chi connectivity index (χ4n) is 4.67. The van der Waals surface area contributed by atoms with Crippen LogP contribution in [0.2, 0.25) is 10.0 Å². The highest BCUT2D eigenvalue weighted by Crippen LogP contribution is 2.26. The van der Waals surface area contributed by atoms with Crippen molar-refractivity contribution in [3.63, 3.8) is 0 Å².